The van der Waals surface area contributed by atoms with Crippen LogP contribution in [0.4, 0.5) is 0 Å². The van der Waals surface area contributed by atoms with Crippen molar-refractivity contribution < 1.29 is 19.1 Å². The predicted molar refractivity (Wildman–Crippen MR) is 90.7 cm³/mol. The molecule has 0 aliphatic rings. The molecular weight excluding hydrogens is 324 g/mol. The van der Waals surface area contributed by atoms with Gasteiger partial charge in [0.15, 0.2) is 6.39 Å². The quantitative estimate of drug-likeness (QED) is 0.630. The van der Waals surface area contributed by atoms with Gasteiger partial charge in [0.2, 0.25) is 11.7 Å². The van der Waals surface area contributed by atoms with Gasteiger partial charge in [0.05, 0.1) is 12.3 Å². The number of oxazole rings is 1. The normalized spacial score (nSPS) is 13.3. The topological polar surface area (TPSA) is 108 Å². The van der Waals surface area contributed by atoms with Crippen molar-refractivity contribution in [1.29, 1.82) is 0 Å². The second kappa shape index (κ2) is 8.95. The maximum Gasteiger partial charge on any atom is 0.288 e. The van der Waals surface area contributed by atoms with E-state index < -0.39 is 18.1 Å². The van der Waals surface area contributed by atoms with Crippen LogP contribution in [-0.4, -0.2) is 60.1 Å². The van der Waals surface area contributed by atoms with Crippen LogP contribution in [0.2, 0.25) is 0 Å². The van der Waals surface area contributed by atoms with Gasteiger partial charge < -0.3 is 20.2 Å². The predicted octanol–water partition coefficient (Wildman–Crippen LogP) is 0.184. The number of benzene rings is 1. The molecule has 0 aliphatic heterocycles. The van der Waals surface area contributed by atoms with Crippen LogP contribution in [-0.2, 0) is 4.79 Å². The van der Waals surface area contributed by atoms with Crippen LogP contribution in [0.25, 0.3) is 0 Å². The molecule has 0 saturated carbocycles. The Morgan fingerprint density at radius 1 is 1.20 bits per heavy atom. The summed E-state index contributed by atoms with van der Waals surface area (Å²) < 4.78 is 4.85. The second-order valence-corrected chi connectivity index (χ2v) is 5.75. The fraction of sp³-hybridized carbons (Fsp3) is 0.353. The highest BCUT2D eigenvalue weighted by Gasteiger charge is 2.23. The van der Waals surface area contributed by atoms with Crippen LogP contribution in [0.1, 0.15) is 22.2 Å². The zero-order valence-corrected chi connectivity index (χ0v) is 14.2. The van der Waals surface area contributed by atoms with E-state index in [0.717, 1.165) is 12.0 Å². The zero-order chi connectivity index (χ0) is 18.2. The van der Waals surface area contributed by atoms with E-state index in [2.05, 4.69) is 15.6 Å². The average Bonchev–Trinajstić information content (AvgIpc) is 3.13. The number of aromatic nitrogens is 1. The van der Waals surface area contributed by atoms with Crippen molar-refractivity contribution in [3.63, 3.8) is 0 Å². The zero-order valence-electron chi connectivity index (χ0n) is 14.2. The van der Waals surface area contributed by atoms with Crippen LogP contribution in [0.15, 0.2) is 47.3 Å². The summed E-state index contributed by atoms with van der Waals surface area (Å²) in [6.45, 7) is 0.00444. The highest BCUT2D eigenvalue weighted by molar-refractivity contribution is 5.91. The van der Waals surface area contributed by atoms with Gasteiger partial charge in [0.1, 0.15) is 6.04 Å². The van der Waals surface area contributed by atoms with Crippen LogP contribution in [0.5, 0.6) is 0 Å². The summed E-state index contributed by atoms with van der Waals surface area (Å²) in [6.07, 6.45) is 1.51. The van der Waals surface area contributed by atoms with Gasteiger partial charge in [-0.15, -0.1) is 0 Å². The van der Waals surface area contributed by atoms with Gasteiger partial charge in [0, 0.05) is 13.1 Å². The van der Waals surface area contributed by atoms with Crippen molar-refractivity contribution in [3.05, 3.63) is 54.2 Å². The Hall–Kier alpha value is -2.71. The van der Waals surface area contributed by atoms with Crippen molar-refractivity contribution in [2.24, 2.45) is 0 Å². The number of nitrogens with zero attached hydrogens (tertiary/aromatic N) is 2. The van der Waals surface area contributed by atoms with Crippen LogP contribution >= 0.6 is 0 Å². The van der Waals surface area contributed by atoms with Crippen LogP contribution in [0.3, 0.4) is 0 Å². The van der Waals surface area contributed by atoms with E-state index >= 15 is 0 Å². The van der Waals surface area contributed by atoms with Gasteiger partial charge in [-0.2, -0.15) is 0 Å². The summed E-state index contributed by atoms with van der Waals surface area (Å²) in [7, 11) is 3.62. The molecule has 3 N–H and O–H groups in total. The van der Waals surface area contributed by atoms with E-state index in [-0.39, 0.29) is 24.8 Å². The maximum atomic E-state index is 12.4. The van der Waals surface area contributed by atoms with E-state index in [1.54, 1.807) is 4.90 Å². The number of amides is 2. The molecule has 0 fully saturated rings. The lowest BCUT2D eigenvalue weighted by Gasteiger charge is -2.24. The molecule has 25 heavy (non-hydrogen) atoms. The standard InChI is InChI=1S/C17H22N4O4/c1-21(2)15(12-6-4-3-5-7-12)17(24)20-9-13(22)8-19-16(23)14-10-18-11-25-14/h3-7,10-11,13,15,22H,8-9H2,1-2H3,(H,19,23)(H,20,24). The van der Waals surface area contributed by atoms with E-state index in [9.17, 15) is 14.7 Å². The highest BCUT2D eigenvalue weighted by atomic mass is 16.3. The average molecular weight is 346 g/mol. The molecule has 2 atom stereocenters. The summed E-state index contributed by atoms with van der Waals surface area (Å²) in [4.78, 5) is 29.6. The number of nitrogens with one attached hydrogen (secondary N) is 2. The molecule has 1 aromatic carbocycles. The van der Waals surface area contributed by atoms with Gasteiger partial charge in [-0.25, -0.2) is 4.98 Å². The number of hydrogen-bond donors (Lipinski definition) is 3. The molecule has 0 spiro atoms. The summed E-state index contributed by atoms with van der Waals surface area (Å²) in [5.74, 6) is -0.636. The number of carbonyl (C=O) groups excluding carboxylic acids is 2. The molecule has 1 aromatic heterocycles. The first-order valence-corrected chi connectivity index (χ1v) is 7.83. The second-order valence-electron chi connectivity index (χ2n) is 5.75. The number of rotatable bonds is 8. The molecule has 2 rings (SSSR count). The molecule has 2 aromatic rings. The Bertz CT molecular complexity index is 673. The highest BCUT2D eigenvalue weighted by Crippen LogP contribution is 2.17. The van der Waals surface area contributed by atoms with Crippen LogP contribution < -0.4 is 10.6 Å². The van der Waals surface area contributed by atoms with Crippen molar-refractivity contribution >= 4 is 11.8 Å². The van der Waals surface area contributed by atoms with Crippen molar-refractivity contribution in [2.75, 3.05) is 27.2 Å². The monoisotopic (exact) mass is 346 g/mol. The number of carbonyl (C=O) groups is 2. The molecule has 8 nitrogen and oxygen atoms in total. The first kappa shape index (κ1) is 18.6. The third kappa shape index (κ3) is 5.40. The van der Waals surface area contributed by atoms with E-state index in [1.165, 1.54) is 6.20 Å². The molecular formula is C17H22N4O4. The third-order valence-corrected chi connectivity index (χ3v) is 3.55. The Morgan fingerprint density at radius 2 is 1.88 bits per heavy atom. The SMILES string of the molecule is CN(C)C(C(=O)NCC(O)CNC(=O)c1cnco1)c1ccccc1. The van der Waals surface area contributed by atoms with Gasteiger partial charge in [-0.05, 0) is 19.7 Å². The molecule has 0 radical (unpaired) electrons. The Morgan fingerprint density at radius 3 is 2.48 bits per heavy atom. The minimum absolute atomic E-state index is 0.0161. The molecule has 134 valence electrons. The third-order valence-electron chi connectivity index (χ3n) is 3.55. The van der Waals surface area contributed by atoms with Crippen LogP contribution in [0, 0.1) is 0 Å². The Balaban J connectivity index is 1.82. The molecule has 0 saturated heterocycles. The van der Waals surface area contributed by atoms with Crippen molar-refractivity contribution in [2.45, 2.75) is 12.1 Å². The first-order chi connectivity index (χ1) is 12.0. The summed E-state index contributed by atoms with van der Waals surface area (Å²) >= 11 is 0. The molecule has 2 unspecified atom stereocenters. The first-order valence-electron chi connectivity index (χ1n) is 7.83. The number of aliphatic hydroxyl groups excluding tert-OH is 1. The molecule has 0 bridgehead atoms. The lowest BCUT2D eigenvalue weighted by molar-refractivity contribution is -0.126. The van der Waals surface area contributed by atoms with Gasteiger partial charge in [-0.3, -0.25) is 14.5 Å². The van der Waals surface area contributed by atoms with Crippen molar-refractivity contribution in [1.82, 2.24) is 20.5 Å². The van der Waals surface area contributed by atoms with Gasteiger partial charge in [-0.1, -0.05) is 30.3 Å². The summed E-state index contributed by atoms with van der Waals surface area (Å²) in [5.41, 5.74) is 0.859. The Labute approximate surface area is 145 Å². The summed E-state index contributed by atoms with van der Waals surface area (Å²) in [6, 6.07) is 8.91. The fourth-order valence-corrected chi connectivity index (χ4v) is 2.33. The minimum Gasteiger partial charge on any atom is -0.438 e. The number of likely N-dealkylation sites (N-methyl/N-ethyl adjacent to an activating group) is 1. The smallest absolute Gasteiger partial charge is 0.288 e. The fourth-order valence-electron chi connectivity index (χ4n) is 2.33. The Kier molecular flexibility index (Phi) is 6.67. The lowest BCUT2D eigenvalue weighted by Crippen LogP contribution is -2.43. The van der Waals surface area contributed by atoms with E-state index in [1.807, 2.05) is 44.4 Å². The van der Waals surface area contributed by atoms with E-state index in [4.69, 9.17) is 4.42 Å². The molecule has 0 aliphatic carbocycles. The molecule has 1 heterocycles. The largest absolute Gasteiger partial charge is 0.438 e. The number of aliphatic hydroxyl groups is 1. The lowest BCUT2D eigenvalue weighted by atomic mass is 10.1. The van der Waals surface area contributed by atoms with Gasteiger partial charge >= 0.3 is 0 Å². The molecule has 2 amide bonds. The number of hydrogen-bond acceptors (Lipinski definition) is 6. The maximum absolute atomic E-state index is 12.4. The van der Waals surface area contributed by atoms with Gasteiger partial charge in [0.25, 0.3) is 5.91 Å². The molecule has 8 heteroatoms. The van der Waals surface area contributed by atoms with E-state index in [0.29, 0.717) is 0 Å². The summed E-state index contributed by atoms with van der Waals surface area (Å²) in [5, 5.41) is 15.2. The van der Waals surface area contributed by atoms with Crippen molar-refractivity contribution in [3.8, 4) is 0 Å². The minimum atomic E-state index is -0.922.